The van der Waals surface area contributed by atoms with Gasteiger partial charge in [0.2, 0.25) is 17.9 Å². The number of aromatic nitrogens is 5. The van der Waals surface area contributed by atoms with Crippen molar-refractivity contribution in [3.63, 3.8) is 0 Å². The van der Waals surface area contributed by atoms with Crippen molar-refractivity contribution in [1.29, 1.82) is 0 Å². The lowest BCUT2D eigenvalue weighted by atomic mass is 10.0. The van der Waals surface area contributed by atoms with Crippen LogP contribution >= 0.6 is 0 Å². The average Bonchev–Trinajstić information content (AvgIpc) is 3.38. The fraction of sp³-hybridized carbons (Fsp3) is 0.538. The lowest BCUT2D eigenvalue weighted by molar-refractivity contribution is 0.122. The number of alkyl halides is 2. The number of benzene rings is 1. The van der Waals surface area contributed by atoms with Crippen LogP contribution in [0.5, 0.6) is 5.75 Å². The molecule has 1 fully saturated rings. The normalized spacial score (nSPS) is 19.3. The Kier molecular flexibility index (Phi) is 8.37. The molecule has 0 saturated carbocycles. The Morgan fingerprint density at radius 2 is 1.83 bits per heavy atom. The largest absolute Gasteiger partial charge is 0.494 e. The molecule has 2 N–H and O–H groups in total. The van der Waals surface area contributed by atoms with Crippen molar-refractivity contribution >= 4 is 29.2 Å². The number of hydrogen-bond acceptors (Lipinski definition) is 12. The lowest BCUT2D eigenvalue weighted by Crippen LogP contribution is -2.48. The first-order chi connectivity index (χ1) is 19.7. The third kappa shape index (κ3) is 5.96. The van der Waals surface area contributed by atoms with E-state index in [1.807, 2.05) is 30.9 Å². The number of rotatable bonds is 9. The minimum Gasteiger partial charge on any atom is -0.494 e. The zero-order valence-electron chi connectivity index (χ0n) is 23.7. The fourth-order valence-electron chi connectivity index (χ4n) is 4.71. The number of morpholine rings is 1. The highest BCUT2D eigenvalue weighted by Gasteiger charge is 2.35. The Hall–Kier alpha value is -3.82. The van der Waals surface area contributed by atoms with E-state index in [0.29, 0.717) is 49.5 Å². The van der Waals surface area contributed by atoms with Gasteiger partial charge in [-0.25, -0.2) is 23.7 Å². The molecular weight excluding hydrogens is 536 g/mol. The molecule has 3 aromatic rings. The number of ether oxygens (including phenoxy) is 2. The van der Waals surface area contributed by atoms with Gasteiger partial charge in [-0.05, 0) is 39.2 Å². The predicted octanol–water partition coefficient (Wildman–Crippen LogP) is 1.47. The minimum absolute atomic E-state index is 0.0312. The van der Waals surface area contributed by atoms with Crippen molar-refractivity contribution < 1.29 is 18.3 Å². The molecule has 15 heteroatoms. The number of anilines is 1. The quantitative estimate of drug-likeness (QED) is 0.402. The maximum Gasteiger partial charge on any atom is 0.296 e. The van der Waals surface area contributed by atoms with E-state index in [1.165, 1.54) is 11.7 Å². The van der Waals surface area contributed by atoms with Crippen LogP contribution in [0, 0.1) is 0 Å². The molecule has 0 amide bonds. The summed E-state index contributed by atoms with van der Waals surface area (Å²) in [7, 11) is 7.45. The Morgan fingerprint density at radius 1 is 1.07 bits per heavy atom. The van der Waals surface area contributed by atoms with Crippen LogP contribution in [0.25, 0.3) is 17.0 Å². The summed E-state index contributed by atoms with van der Waals surface area (Å²) in [6.45, 7) is 3.84. The number of methoxy groups -OCH3 is 1. The molecule has 1 aromatic carbocycles. The summed E-state index contributed by atoms with van der Waals surface area (Å²) < 4.78 is 40.8. The highest BCUT2D eigenvalue weighted by Crippen LogP contribution is 2.32. The monoisotopic (exact) mass is 571 g/mol. The van der Waals surface area contributed by atoms with Crippen molar-refractivity contribution in [2.75, 3.05) is 79.1 Å². The number of imidazole rings is 1. The van der Waals surface area contributed by atoms with Gasteiger partial charge < -0.3 is 29.9 Å². The van der Waals surface area contributed by atoms with Crippen LogP contribution < -0.4 is 15.4 Å². The molecule has 0 spiro atoms. The molecule has 1 unspecified atom stereocenters. The molecule has 0 bridgehead atoms. The van der Waals surface area contributed by atoms with Crippen LogP contribution in [0.4, 0.5) is 14.7 Å². The van der Waals surface area contributed by atoms with Crippen LogP contribution in [-0.4, -0.2) is 121 Å². The van der Waals surface area contributed by atoms with Crippen molar-refractivity contribution in [1.82, 2.24) is 34.3 Å². The molecule has 41 heavy (non-hydrogen) atoms. The summed E-state index contributed by atoms with van der Waals surface area (Å²) in [4.78, 5) is 33.3. The Morgan fingerprint density at radius 3 is 2.49 bits per heavy atom. The molecule has 13 nitrogen and oxygen atoms in total. The molecule has 2 aliphatic heterocycles. The van der Waals surface area contributed by atoms with E-state index in [9.17, 15) is 8.78 Å². The van der Waals surface area contributed by atoms with Gasteiger partial charge in [-0.2, -0.15) is 15.0 Å². The first-order valence-corrected chi connectivity index (χ1v) is 13.4. The summed E-state index contributed by atoms with van der Waals surface area (Å²) in [5, 5.41) is 0. The number of fused-ring (bicyclic) bond motifs is 1. The number of aliphatic imine (C=N–C) groups is 2. The van der Waals surface area contributed by atoms with Gasteiger partial charge in [0.25, 0.3) is 6.43 Å². The first kappa shape index (κ1) is 28.7. The van der Waals surface area contributed by atoms with E-state index >= 15 is 0 Å². The molecule has 0 aliphatic carbocycles. The van der Waals surface area contributed by atoms with Crippen molar-refractivity contribution in [2.24, 2.45) is 15.7 Å². The summed E-state index contributed by atoms with van der Waals surface area (Å²) in [5.41, 5.74) is 6.14. The standard InChI is InChI=1S/C26H35F2N11O2/c1-36(2)9-6-10-37(3)23-30-15-26(29,16-31-23)22-33-24(38-11-13-41-14-12-38)35-25(34-22)39-17-7-5-8-18(40-4)19(17)32-21(39)20(27)28/h5,7-8,15,20H,6,9-14,16,29H2,1-4H3. The van der Waals surface area contributed by atoms with E-state index in [2.05, 4.69) is 34.8 Å². The predicted molar refractivity (Wildman–Crippen MR) is 151 cm³/mol. The highest BCUT2D eigenvalue weighted by atomic mass is 19.3. The second-order valence-electron chi connectivity index (χ2n) is 10.3. The fourth-order valence-corrected chi connectivity index (χ4v) is 4.71. The molecule has 5 rings (SSSR count). The van der Waals surface area contributed by atoms with Gasteiger partial charge in [0.05, 0.1) is 32.4 Å². The van der Waals surface area contributed by atoms with E-state index in [1.54, 1.807) is 24.4 Å². The van der Waals surface area contributed by atoms with Crippen LogP contribution in [0.3, 0.4) is 0 Å². The van der Waals surface area contributed by atoms with Crippen molar-refractivity contribution in [3.8, 4) is 11.7 Å². The van der Waals surface area contributed by atoms with Crippen LogP contribution in [-0.2, 0) is 10.3 Å². The number of para-hydroxylation sites is 1. The Balaban J connectivity index is 1.56. The van der Waals surface area contributed by atoms with E-state index in [0.717, 1.165) is 19.5 Å². The SMILES string of the molecule is COc1cccc2c1nc(C(F)F)n2-c1nc(N2CCOCC2)nc(C2(N)C=NC(N(C)CCCN(C)C)=NC2)n1. The summed E-state index contributed by atoms with van der Waals surface area (Å²) in [5.74, 6) is 0.828. The zero-order chi connectivity index (χ0) is 29.1. The van der Waals surface area contributed by atoms with Gasteiger partial charge in [-0.3, -0.25) is 4.57 Å². The molecule has 220 valence electrons. The second-order valence-corrected chi connectivity index (χ2v) is 10.3. The van der Waals surface area contributed by atoms with E-state index < -0.39 is 17.8 Å². The Labute approximate surface area is 236 Å². The summed E-state index contributed by atoms with van der Waals surface area (Å²) in [6, 6.07) is 5.02. The molecule has 2 aromatic heterocycles. The smallest absolute Gasteiger partial charge is 0.296 e. The van der Waals surface area contributed by atoms with Gasteiger partial charge in [0, 0.05) is 32.9 Å². The number of guanidine groups is 1. The van der Waals surface area contributed by atoms with Crippen LogP contribution in [0.2, 0.25) is 0 Å². The molecule has 1 saturated heterocycles. The highest BCUT2D eigenvalue weighted by molar-refractivity contribution is 5.93. The third-order valence-corrected chi connectivity index (χ3v) is 6.94. The third-order valence-electron chi connectivity index (χ3n) is 6.94. The Bertz CT molecular complexity index is 1440. The van der Waals surface area contributed by atoms with Crippen molar-refractivity contribution in [3.05, 3.63) is 29.8 Å². The number of nitrogens with two attached hydrogens (primary N) is 1. The molecule has 2 aliphatic rings. The second kappa shape index (κ2) is 12.0. The van der Waals surface area contributed by atoms with Gasteiger partial charge in [-0.15, -0.1) is 0 Å². The number of halogens is 2. The summed E-state index contributed by atoms with van der Waals surface area (Å²) >= 11 is 0. The van der Waals surface area contributed by atoms with Gasteiger partial charge >= 0.3 is 0 Å². The van der Waals surface area contributed by atoms with E-state index in [4.69, 9.17) is 15.2 Å². The number of nitrogens with zero attached hydrogens (tertiary/aromatic N) is 10. The molecule has 4 heterocycles. The van der Waals surface area contributed by atoms with Gasteiger partial charge in [-0.1, -0.05) is 6.07 Å². The minimum atomic E-state index is -2.91. The maximum atomic E-state index is 14.3. The van der Waals surface area contributed by atoms with Crippen LogP contribution in [0.15, 0.2) is 28.2 Å². The summed E-state index contributed by atoms with van der Waals surface area (Å²) in [6.07, 6.45) is -0.387. The number of hydrogen-bond donors (Lipinski definition) is 1. The van der Waals surface area contributed by atoms with Crippen molar-refractivity contribution in [2.45, 2.75) is 18.4 Å². The van der Waals surface area contributed by atoms with E-state index in [-0.39, 0.29) is 23.8 Å². The molecule has 0 radical (unpaired) electrons. The van der Waals surface area contributed by atoms with Crippen LogP contribution in [0.1, 0.15) is 24.5 Å². The maximum absolute atomic E-state index is 14.3. The molecular formula is C26H35F2N11O2. The zero-order valence-corrected chi connectivity index (χ0v) is 23.7. The first-order valence-electron chi connectivity index (χ1n) is 13.4. The topological polar surface area (TPSA) is 135 Å². The lowest BCUT2D eigenvalue weighted by Gasteiger charge is -2.30. The average molecular weight is 572 g/mol. The van der Waals surface area contributed by atoms with Gasteiger partial charge in [0.1, 0.15) is 16.8 Å². The molecule has 1 atom stereocenters. The van der Waals surface area contributed by atoms with Gasteiger partial charge in [0.15, 0.2) is 11.6 Å².